The number of ether oxygens (including phenoxy) is 2. The van der Waals surface area contributed by atoms with Gasteiger partial charge in [0, 0.05) is 24.3 Å². The fraction of sp³-hybridized carbons (Fsp3) is 0. The molecule has 0 atom stereocenters. The van der Waals surface area contributed by atoms with Crippen LogP contribution in [0.2, 0.25) is 0 Å². The second-order valence-corrected chi connectivity index (χ2v) is 5.86. The predicted octanol–water partition coefficient (Wildman–Crippen LogP) is 3.94. The zero-order valence-corrected chi connectivity index (χ0v) is 15.1. The van der Waals surface area contributed by atoms with Gasteiger partial charge in [0.1, 0.15) is 11.5 Å². The maximum absolute atomic E-state index is 12.1. The number of hydrogen-bond donors (Lipinski definition) is 0. The molecule has 0 aliphatic rings. The van der Waals surface area contributed by atoms with Crippen LogP contribution in [0.25, 0.3) is 0 Å². The highest BCUT2D eigenvalue weighted by Crippen LogP contribution is 2.21. The SMILES string of the molecule is O=C(Oc1ccc(OC(=O)c2ccc([N+](=O)[O-])cc2)cc1)c1ccc([N+](=O)[O-])cc1. The largest absolute Gasteiger partial charge is 0.423 e. The van der Waals surface area contributed by atoms with Crippen LogP contribution < -0.4 is 9.47 Å². The molecule has 30 heavy (non-hydrogen) atoms. The molecule has 0 spiro atoms. The molecule has 3 rings (SSSR count). The van der Waals surface area contributed by atoms with Crippen molar-refractivity contribution in [1.29, 1.82) is 0 Å². The Bertz CT molecular complexity index is 1020. The molecule has 0 N–H and O–H groups in total. The molecule has 10 nitrogen and oxygen atoms in total. The van der Waals surface area contributed by atoms with Crippen LogP contribution in [0, 0.1) is 20.2 Å². The Labute approximate surface area is 168 Å². The summed E-state index contributed by atoms with van der Waals surface area (Å²) in [5.41, 5.74) is -0.0277. The second-order valence-electron chi connectivity index (χ2n) is 5.86. The summed E-state index contributed by atoms with van der Waals surface area (Å²) in [5, 5.41) is 21.3. The number of hydrogen-bond acceptors (Lipinski definition) is 8. The van der Waals surface area contributed by atoms with E-state index in [4.69, 9.17) is 9.47 Å². The smallest absolute Gasteiger partial charge is 0.343 e. The van der Waals surface area contributed by atoms with Crippen LogP contribution >= 0.6 is 0 Å². The summed E-state index contributed by atoms with van der Waals surface area (Å²) in [6.45, 7) is 0. The standard InChI is InChI=1S/C20H12N2O8/c23-19(13-1-5-15(6-2-13)21(25)26)29-17-9-11-18(12-10-17)30-20(24)14-3-7-16(8-4-14)22(27)28/h1-12H. The van der Waals surface area contributed by atoms with Gasteiger partial charge in [0.2, 0.25) is 0 Å². The molecule has 0 fully saturated rings. The molecule has 0 radical (unpaired) electrons. The number of nitro benzene ring substituents is 2. The molecule has 0 aliphatic carbocycles. The first-order valence-electron chi connectivity index (χ1n) is 8.37. The Balaban J connectivity index is 1.61. The van der Waals surface area contributed by atoms with E-state index in [1.54, 1.807) is 0 Å². The number of nitro groups is 2. The van der Waals surface area contributed by atoms with E-state index in [9.17, 15) is 29.8 Å². The van der Waals surface area contributed by atoms with Crippen LogP contribution in [0.3, 0.4) is 0 Å². The van der Waals surface area contributed by atoms with Crippen molar-refractivity contribution >= 4 is 23.3 Å². The monoisotopic (exact) mass is 408 g/mol. The van der Waals surface area contributed by atoms with Crippen LogP contribution in [0.5, 0.6) is 11.5 Å². The topological polar surface area (TPSA) is 139 Å². The van der Waals surface area contributed by atoms with Crippen LogP contribution in [0.1, 0.15) is 20.7 Å². The predicted molar refractivity (Wildman–Crippen MR) is 103 cm³/mol. The molecule has 3 aromatic rings. The van der Waals surface area contributed by atoms with Gasteiger partial charge in [-0.3, -0.25) is 20.2 Å². The van der Waals surface area contributed by atoms with E-state index in [0.29, 0.717) is 0 Å². The second kappa shape index (κ2) is 8.61. The van der Waals surface area contributed by atoms with Crippen molar-refractivity contribution in [2.24, 2.45) is 0 Å². The van der Waals surface area contributed by atoms with Gasteiger partial charge in [0.15, 0.2) is 0 Å². The highest BCUT2D eigenvalue weighted by Gasteiger charge is 2.13. The van der Waals surface area contributed by atoms with E-state index in [1.165, 1.54) is 72.8 Å². The summed E-state index contributed by atoms with van der Waals surface area (Å²) in [4.78, 5) is 44.3. The van der Waals surface area contributed by atoms with Crippen LogP contribution in [-0.2, 0) is 0 Å². The third-order valence-corrected chi connectivity index (χ3v) is 3.87. The number of rotatable bonds is 6. The maximum atomic E-state index is 12.1. The minimum absolute atomic E-state index is 0.134. The van der Waals surface area contributed by atoms with Crippen molar-refractivity contribution in [3.63, 3.8) is 0 Å². The lowest BCUT2D eigenvalue weighted by atomic mass is 10.2. The fourth-order valence-corrected chi connectivity index (χ4v) is 2.35. The summed E-state index contributed by atoms with van der Waals surface area (Å²) in [7, 11) is 0. The van der Waals surface area contributed by atoms with Crippen molar-refractivity contribution in [2.45, 2.75) is 0 Å². The van der Waals surface area contributed by atoms with Gasteiger partial charge < -0.3 is 9.47 Å². The summed E-state index contributed by atoms with van der Waals surface area (Å²) in [6, 6.07) is 15.5. The Hall–Kier alpha value is -4.60. The van der Waals surface area contributed by atoms with Gasteiger partial charge in [-0.1, -0.05) is 0 Å². The fourth-order valence-electron chi connectivity index (χ4n) is 2.35. The van der Waals surface area contributed by atoms with Crippen molar-refractivity contribution in [3.8, 4) is 11.5 Å². The number of nitrogens with zero attached hydrogens (tertiary/aromatic N) is 2. The lowest BCUT2D eigenvalue weighted by Gasteiger charge is -2.07. The first-order chi connectivity index (χ1) is 14.3. The molecule has 0 saturated carbocycles. The molecule has 0 aliphatic heterocycles. The zero-order chi connectivity index (χ0) is 21.7. The lowest BCUT2D eigenvalue weighted by molar-refractivity contribution is -0.385. The van der Waals surface area contributed by atoms with Crippen molar-refractivity contribution in [3.05, 3.63) is 104 Å². The van der Waals surface area contributed by atoms with Crippen molar-refractivity contribution in [1.82, 2.24) is 0 Å². The van der Waals surface area contributed by atoms with Gasteiger partial charge >= 0.3 is 11.9 Å². The number of non-ortho nitro benzene ring substituents is 2. The average Bonchev–Trinajstić information content (AvgIpc) is 2.75. The molecular formula is C20H12N2O8. The molecule has 0 aromatic heterocycles. The van der Waals surface area contributed by atoms with E-state index in [1.807, 2.05) is 0 Å². The van der Waals surface area contributed by atoms with Gasteiger partial charge in [0.05, 0.1) is 21.0 Å². The summed E-state index contributed by atoms with van der Waals surface area (Å²) >= 11 is 0. The van der Waals surface area contributed by atoms with E-state index in [-0.39, 0.29) is 34.0 Å². The lowest BCUT2D eigenvalue weighted by Crippen LogP contribution is -2.09. The third-order valence-electron chi connectivity index (χ3n) is 3.87. The van der Waals surface area contributed by atoms with Crippen LogP contribution in [0.4, 0.5) is 11.4 Å². The van der Waals surface area contributed by atoms with E-state index in [0.717, 1.165) is 0 Å². The van der Waals surface area contributed by atoms with E-state index >= 15 is 0 Å². The zero-order valence-electron chi connectivity index (χ0n) is 15.1. The first-order valence-corrected chi connectivity index (χ1v) is 8.37. The number of carbonyl (C=O) groups is 2. The molecule has 0 heterocycles. The highest BCUT2D eigenvalue weighted by atomic mass is 16.6. The van der Waals surface area contributed by atoms with E-state index < -0.39 is 21.8 Å². The third kappa shape index (κ3) is 4.81. The number of benzene rings is 3. The summed E-state index contributed by atoms with van der Waals surface area (Å²) in [5.74, 6) is -1.07. The van der Waals surface area contributed by atoms with E-state index in [2.05, 4.69) is 0 Å². The molecule has 0 amide bonds. The number of carbonyl (C=O) groups excluding carboxylic acids is 2. The first kappa shape index (κ1) is 20.1. The molecule has 10 heteroatoms. The van der Waals surface area contributed by atoms with Gasteiger partial charge in [0.25, 0.3) is 11.4 Å². The van der Waals surface area contributed by atoms with Gasteiger partial charge in [-0.25, -0.2) is 9.59 Å². The van der Waals surface area contributed by atoms with Gasteiger partial charge in [-0.2, -0.15) is 0 Å². The normalized spacial score (nSPS) is 10.1. The Morgan fingerprint density at radius 3 is 1.13 bits per heavy atom. The minimum atomic E-state index is -0.708. The molecule has 0 unspecified atom stereocenters. The Morgan fingerprint density at radius 1 is 0.567 bits per heavy atom. The van der Waals surface area contributed by atoms with Gasteiger partial charge in [-0.05, 0) is 48.5 Å². The minimum Gasteiger partial charge on any atom is -0.423 e. The molecular weight excluding hydrogens is 396 g/mol. The van der Waals surface area contributed by atoms with Crippen LogP contribution in [-0.4, -0.2) is 21.8 Å². The molecule has 0 saturated heterocycles. The van der Waals surface area contributed by atoms with Gasteiger partial charge in [-0.15, -0.1) is 0 Å². The molecule has 3 aromatic carbocycles. The quantitative estimate of drug-likeness (QED) is 0.259. The van der Waals surface area contributed by atoms with Crippen molar-refractivity contribution < 1.29 is 28.9 Å². The highest BCUT2D eigenvalue weighted by molar-refractivity contribution is 5.92. The Morgan fingerprint density at radius 2 is 0.867 bits per heavy atom. The van der Waals surface area contributed by atoms with Crippen LogP contribution in [0.15, 0.2) is 72.8 Å². The number of esters is 2. The maximum Gasteiger partial charge on any atom is 0.343 e. The Kier molecular flexibility index (Phi) is 5.78. The molecule has 150 valence electrons. The van der Waals surface area contributed by atoms with Crippen molar-refractivity contribution in [2.75, 3.05) is 0 Å². The summed E-state index contributed by atoms with van der Waals surface area (Å²) in [6.07, 6.45) is 0. The molecule has 0 bridgehead atoms. The average molecular weight is 408 g/mol. The summed E-state index contributed by atoms with van der Waals surface area (Å²) < 4.78 is 10.3.